The van der Waals surface area contributed by atoms with Crippen molar-refractivity contribution in [2.45, 2.75) is 128 Å². The number of amides is 4. The van der Waals surface area contributed by atoms with Crippen LogP contribution >= 0.6 is 0 Å². The van der Waals surface area contributed by atoms with Crippen LogP contribution in [0.25, 0.3) is 0 Å². The van der Waals surface area contributed by atoms with E-state index < -0.39 is 44.6 Å². The Labute approximate surface area is 310 Å². The fourth-order valence-corrected chi connectivity index (χ4v) is 6.24. The van der Waals surface area contributed by atoms with Crippen molar-refractivity contribution in [3.63, 3.8) is 0 Å². The third-order valence-electron chi connectivity index (χ3n) is 9.70. The monoisotopic (exact) mass is 741 g/mol. The number of rotatable bonds is 0. The van der Waals surface area contributed by atoms with Gasteiger partial charge in [0.2, 0.25) is 0 Å². The minimum atomic E-state index is -1.33. The molecular weight excluding hydrogens is 672 g/mol. The lowest BCUT2D eigenvalue weighted by Gasteiger charge is -2.40. The standard InChI is InChI=1S/C36H68N8O8/c1-29(2)17-37-21-34(10)26(46)42-30(3,4)18-38-22-33(9,25(45)41-29)49-13-14-51-35(11)23-39-19-32(7,8)44-28(48)36(12,52-16-15-50-34)24-40-20-31(5,6)43-27(35)47/h37-40H,13-24H2,1-12H3,(H,41,45)(H,42,46)(H,43,47)(H,44,48)/t33-,34-,35-,36+/m1/s1. The van der Waals surface area contributed by atoms with Gasteiger partial charge in [0.15, 0.2) is 22.4 Å². The molecule has 4 atom stereocenters. The van der Waals surface area contributed by atoms with Crippen LogP contribution in [0.1, 0.15) is 83.1 Å². The van der Waals surface area contributed by atoms with Gasteiger partial charge in [-0.15, -0.1) is 0 Å². The zero-order valence-corrected chi connectivity index (χ0v) is 33.8. The molecule has 0 unspecified atom stereocenters. The molecule has 0 aromatic rings. The summed E-state index contributed by atoms with van der Waals surface area (Å²) in [5, 5.41) is 25.7. The topological polar surface area (TPSA) is 201 Å². The minimum absolute atomic E-state index is 0.00799. The smallest absolute Gasteiger partial charge is 0.253 e. The maximum Gasteiger partial charge on any atom is 0.253 e. The largest absolute Gasteiger partial charge is 0.362 e. The highest BCUT2D eigenvalue weighted by molar-refractivity contribution is 5.87. The Balaban J connectivity index is 2.08. The van der Waals surface area contributed by atoms with Crippen molar-refractivity contribution < 1.29 is 38.1 Å². The molecule has 8 N–H and O–H groups in total. The summed E-state index contributed by atoms with van der Waals surface area (Å²) < 4.78 is 25.2. The quantitative estimate of drug-likeness (QED) is 0.152. The van der Waals surface area contributed by atoms with Crippen molar-refractivity contribution >= 4 is 23.6 Å². The summed E-state index contributed by atoms with van der Waals surface area (Å²) in [6.07, 6.45) is 0. The van der Waals surface area contributed by atoms with E-state index in [9.17, 15) is 19.2 Å². The molecule has 0 aromatic carbocycles. The summed E-state index contributed by atoms with van der Waals surface area (Å²) in [6.45, 7) is 23.7. The van der Waals surface area contributed by atoms with Crippen LogP contribution in [0.5, 0.6) is 0 Å². The van der Waals surface area contributed by atoms with Gasteiger partial charge in [-0.2, -0.15) is 0 Å². The molecule has 4 amide bonds. The number of ether oxygens (including phenoxy) is 4. The zero-order chi connectivity index (χ0) is 39.3. The van der Waals surface area contributed by atoms with Crippen molar-refractivity contribution in [3.8, 4) is 0 Å². The maximum atomic E-state index is 13.9. The van der Waals surface area contributed by atoms with Crippen LogP contribution < -0.4 is 42.5 Å². The molecule has 6 aliphatic heterocycles. The molecule has 16 heteroatoms. The molecule has 6 heterocycles. The first-order chi connectivity index (χ1) is 23.8. The molecule has 16 nitrogen and oxygen atoms in total. The van der Waals surface area contributed by atoms with Crippen LogP contribution in [-0.4, -0.2) is 147 Å². The van der Waals surface area contributed by atoms with Gasteiger partial charge in [0.1, 0.15) is 0 Å². The molecule has 0 aliphatic carbocycles. The van der Waals surface area contributed by atoms with E-state index in [-0.39, 0.29) is 76.2 Å². The lowest BCUT2D eigenvalue weighted by Crippen LogP contribution is -2.65. The van der Waals surface area contributed by atoms with Crippen molar-refractivity contribution in [2.75, 3.05) is 78.8 Å². The molecule has 0 saturated carbocycles. The molecule has 6 fully saturated rings. The fourth-order valence-electron chi connectivity index (χ4n) is 6.24. The third kappa shape index (κ3) is 12.3. The van der Waals surface area contributed by atoms with Gasteiger partial charge in [-0.3, -0.25) is 19.2 Å². The van der Waals surface area contributed by atoms with Crippen molar-refractivity contribution in [1.82, 2.24) is 42.5 Å². The second-order valence-corrected chi connectivity index (χ2v) is 18.1. The van der Waals surface area contributed by atoms with Crippen LogP contribution in [0.2, 0.25) is 0 Å². The molecule has 6 rings (SSSR count). The Morgan fingerprint density at radius 1 is 0.327 bits per heavy atom. The average Bonchev–Trinajstić information content (AvgIpc) is 2.99. The van der Waals surface area contributed by atoms with E-state index >= 15 is 0 Å². The first-order valence-electron chi connectivity index (χ1n) is 18.4. The van der Waals surface area contributed by atoms with Crippen molar-refractivity contribution in [2.24, 2.45) is 0 Å². The van der Waals surface area contributed by atoms with Crippen LogP contribution in [0, 0.1) is 0 Å². The molecule has 0 spiro atoms. The zero-order valence-electron chi connectivity index (χ0n) is 33.8. The Morgan fingerprint density at radius 2 is 0.500 bits per heavy atom. The number of carbonyl (C=O) groups excluding carboxylic acids is 4. The SMILES string of the molecule is CC1(C)CNC[C@@]2(C)OCCO[C@@]3(C)CNCC(C)(C)NC(=O)[C@@](C)(CNCC(C)(C)NC3=O)OCCO[C@](C)(CNCC(C)(C)NC2=O)C(=O)N1. The summed E-state index contributed by atoms with van der Waals surface area (Å²) in [5.74, 6) is -1.30. The predicted octanol–water partition coefficient (Wildman–Crippen LogP) is -0.934. The molecular formula is C36H68N8O8. The van der Waals surface area contributed by atoms with Crippen LogP contribution in [0.3, 0.4) is 0 Å². The number of carbonyl (C=O) groups is 4. The molecule has 6 aliphatic rings. The first-order valence-corrected chi connectivity index (χ1v) is 18.4. The third-order valence-corrected chi connectivity index (χ3v) is 9.70. The maximum absolute atomic E-state index is 13.9. The molecule has 300 valence electrons. The lowest BCUT2D eigenvalue weighted by molar-refractivity contribution is -0.160. The van der Waals surface area contributed by atoms with E-state index in [1.54, 1.807) is 27.7 Å². The Morgan fingerprint density at radius 3 is 0.673 bits per heavy atom. The average molecular weight is 741 g/mol. The van der Waals surface area contributed by atoms with Gasteiger partial charge >= 0.3 is 0 Å². The van der Waals surface area contributed by atoms with Crippen LogP contribution in [0.15, 0.2) is 0 Å². The first kappa shape index (κ1) is 44.0. The van der Waals surface area contributed by atoms with E-state index in [2.05, 4.69) is 42.5 Å². The Kier molecular flexibility index (Phi) is 14.0. The van der Waals surface area contributed by atoms with Gasteiger partial charge in [-0.05, 0) is 83.1 Å². The van der Waals surface area contributed by atoms with Gasteiger partial charge in [0.05, 0.1) is 26.4 Å². The number of hydrogen-bond acceptors (Lipinski definition) is 12. The van der Waals surface area contributed by atoms with Crippen molar-refractivity contribution in [1.29, 1.82) is 0 Å². The van der Waals surface area contributed by atoms with Crippen LogP contribution in [0.4, 0.5) is 0 Å². The number of nitrogens with one attached hydrogen (secondary N) is 8. The summed E-state index contributed by atoms with van der Waals surface area (Å²) >= 11 is 0. The second kappa shape index (κ2) is 16.5. The highest BCUT2D eigenvalue weighted by Crippen LogP contribution is 2.21. The van der Waals surface area contributed by atoms with E-state index in [0.717, 1.165) is 0 Å². The summed E-state index contributed by atoms with van der Waals surface area (Å²) in [5.41, 5.74) is -8.28. The molecule has 6 saturated heterocycles. The lowest BCUT2D eigenvalue weighted by atomic mass is 9.96. The predicted molar refractivity (Wildman–Crippen MR) is 198 cm³/mol. The second-order valence-electron chi connectivity index (χ2n) is 18.1. The van der Waals surface area contributed by atoms with Gasteiger partial charge < -0.3 is 61.5 Å². The van der Waals surface area contributed by atoms with E-state index in [1.807, 2.05) is 55.4 Å². The fraction of sp³-hybridized carbons (Fsp3) is 0.889. The van der Waals surface area contributed by atoms with Gasteiger partial charge in [0, 0.05) is 74.5 Å². The highest BCUT2D eigenvalue weighted by atomic mass is 16.6. The van der Waals surface area contributed by atoms with E-state index in [4.69, 9.17) is 18.9 Å². The normalized spacial score (nSPS) is 36.2. The van der Waals surface area contributed by atoms with Crippen LogP contribution in [-0.2, 0) is 38.1 Å². The van der Waals surface area contributed by atoms with Gasteiger partial charge in [0.25, 0.3) is 23.6 Å². The molecule has 4 bridgehead atoms. The molecule has 0 radical (unpaired) electrons. The van der Waals surface area contributed by atoms with E-state index in [1.165, 1.54) is 0 Å². The van der Waals surface area contributed by atoms with Gasteiger partial charge in [-0.1, -0.05) is 0 Å². The summed E-state index contributed by atoms with van der Waals surface area (Å²) in [6, 6.07) is 0. The summed E-state index contributed by atoms with van der Waals surface area (Å²) in [7, 11) is 0. The summed E-state index contributed by atoms with van der Waals surface area (Å²) in [4.78, 5) is 55.7. The Hall–Kier alpha value is -2.44. The van der Waals surface area contributed by atoms with E-state index in [0.29, 0.717) is 26.2 Å². The number of hydrogen-bond donors (Lipinski definition) is 8. The Bertz CT molecular complexity index is 1100. The van der Waals surface area contributed by atoms with Crippen molar-refractivity contribution in [3.05, 3.63) is 0 Å². The minimum Gasteiger partial charge on any atom is -0.362 e. The molecule has 52 heavy (non-hydrogen) atoms. The van der Waals surface area contributed by atoms with Gasteiger partial charge in [-0.25, -0.2) is 0 Å². The highest BCUT2D eigenvalue weighted by Gasteiger charge is 2.44. The molecule has 0 aromatic heterocycles.